The van der Waals surface area contributed by atoms with Gasteiger partial charge in [-0.25, -0.2) is 0 Å². The molecule has 0 radical (unpaired) electrons. The summed E-state index contributed by atoms with van der Waals surface area (Å²) in [5.41, 5.74) is 0. The number of aliphatic hydroxyl groups excluding tert-OH is 20. The fourth-order valence-corrected chi connectivity index (χ4v) is 10.4. The van der Waals surface area contributed by atoms with Crippen molar-refractivity contribution >= 4 is 0 Å². The highest BCUT2D eigenvalue weighted by atomic mass is 16.8. The summed E-state index contributed by atoms with van der Waals surface area (Å²) in [7, 11) is 0. The van der Waals surface area contributed by atoms with E-state index in [0.29, 0.717) is 0 Å². The Morgan fingerprint density at radius 3 is 0.513 bits per heavy atom. The fraction of sp³-hybridized carbons (Fsp3) is 1.00. The van der Waals surface area contributed by atoms with Crippen LogP contribution in [0.4, 0.5) is 0 Å². The van der Waals surface area contributed by atoms with Crippen molar-refractivity contribution in [3.63, 3.8) is 0 Å². The third-order valence-corrected chi connectivity index (χ3v) is 14.7. The molecule has 0 saturated carbocycles. The Kier molecular flexibility index (Phi) is 20.3. The smallest absolute Gasteiger partial charge is 0.187 e. The zero-order chi connectivity index (χ0) is 55.3. The molecule has 0 aromatic rings. The summed E-state index contributed by atoms with van der Waals surface area (Å²) in [5, 5.41) is 220. The normalized spacial score (nSPS) is 55.9. The van der Waals surface area contributed by atoms with Crippen molar-refractivity contribution in [2.24, 2.45) is 0 Å². The van der Waals surface area contributed by atoms with Gasteiger partial charge in [0, 0.05) is 0 Å². The highest BCUT2D eigenvalue weighted by Crippen LogP contribution is 2.39. The molecule has 442 valence electrons. The van der Waals surface area contributed by atoms with E-state index in [1.807, 2.05) is 0 Å². The van der Waals surface area contributed by atoms with Crippen LogP contribution in [0.3, 0.4) is 0 Å². The van der Waals surface area contributed by atoms with Crippen molar-refractivity contribution in [3.8, 4) is 0 Å². The lowest BCUT2D eigenvalue weighted by atomic mass is 9.95. The van der Waals surface area contributed by atoms with Crippen molar-refractivity contribution < 1.29 is 168 Å². The van der Waals surface area contributed by atoms with Crippen molar-refractivity contribution in [2.75, 3.05) is 39.6 Å². The van der Waals surface area contributed by atoms with Crippen LogP contribution in [0.25, 0.3) is 0 Å². The van der Waals surface area contributed by atoms with Crippen LogP contribution in [-0.4, -0.2) is 357 Å². The van der Waals surface area contributed by atoms with Crippen LogP contribution in [0.1, 0.15) is 6.92 Å². The topological polar surface area (TPSA) is 534 Å². The van der Waals surface area contributed by atoms with Crippen molar-refractivity contribution in [1.29, 1.82) is 0 Å². The number of ether oxygens (including phenoxy) is 14. The minimum Gasteiger partial charge on any atom is -0.394 e. The maximum atomic E-state index is 11.3. The first-order valence-corrected chi connectivity index (χ1v) is 24.5. The van der Waals surface area contributed by atoms with Gasteiger partial charge in [0.25, 0.3) is 0 Å². The van der Waals surface area contributed by atoms with Crippen LogP contribution < -0.4 is 0 Å². The molecule has 21 fully saturated rings. The molecule has 0 aliphatic carbocycles. The van der Waals surface area contributed by atoms with Gasteiger partial charge in [0.2, 0.25) is 0 Å². The van der Waals surface area contributed by atoms with E-state index in [9.17, 15) is 102 Å². The molecule has 34 heteroatoms. The van der Waals surface area contributed by atoms with E-state index in [-0.39, 0.29) is 0 Å². The van der Waals surface area contributed by atoms with Crippen LogP contribution in [0.2, 0.25) is 0 Å². The van der Waals surface area contributed by atoms with Gasteiger partial charge in [-0.3, -0.25) is 0 Å². The molecule has 0 amide bonds. The van der Waals surface area contributed by atoms with Crippen molar-refractivity contribution in [3.05, 3.63) is 0 Å². The summed E-state index contributed by atoms with van der Waals surface area (Å²) in [6, 6.07) is 0. The van der Waals surface area contributed by atoms with Gasteiger partial charge in [0.15, 0.2) is 44.0 Å². The van der Waals surface area contributed by atoms with E-state index in [4.69, 9.17) is 66.3 Å². The molecule has 35 atom stereocenters. The van der Waals surface area contributed by atoms with Gasteiger partial charge in [0.1, 0.15) is 165 Å². The average Bonchev–Trinajstić information content (AvgIpc) is 3.42. The van der Waals surface area contributed by atoms with Crippen LogP contribution in [0, 0.1) is 0 Å². The summed E-state index contributed by atoms with van der Waals surface area (Å²) >= 11 is 0. The van der Waals surface area contributed by atoms with E-state index < -0.39 is 255 Å². The zero-order valence-corrected chi connectivity index (χ0v) is 40.1. The summed E-state index contributed by atoms with van der Waals surface area (Å²) in [6.45, 7) is -4.83. The van der Waals surface area contributed by atoms with Gasteiger partial charge in [-0.05, 0) is 6.92 Å². The number of aliphatic hydroxyl groups is 20. The molecule has 20 N–H and O–H groups in total. The molecule has 0 aromatic heterocycles. The molecule has 21 aliphatic rings. The maximum absolute atomic E-state index is 11.3. The van der Waals surface area contributed by atoms with Gasteiger partial charge in [-0.15, -0.1) is 0 Å². The first-order valence-electron chi connectivity index (χ1n) is 24.5. The van der Waals surface area contributed by atoms with Crippen LogP contribution in [-0.2, 0) is 66.3 Å². The van der Waals surface area contributed by atoms with E-state index in [1.54, 1.807) is 0 Å². The maximum Gasteiger partial charge on any atom is 0.187 e. The molecule has 0 aromatic carbocycles. The second kappa shape index (κ2) is 25.4. The summed E-state index contributed by atoms with van der Waals surface area (Å²) in [4.78, 5) is 0. The van der Waals surface area contributed by atoms with E-state index >= 15 is 0 Å². The largest absolute Gasteiger partial charge is 0.394 e. The quantitative estimate of drug-likeness (QED) is 0.117. The minimum absolute atomic E-state index is 0.999. The van der Waals surface area contributed by atoms with Gasteiger partial charge in [0.05, 0.1) is 45.7 Å². The first kappa shape index (κ1) is 60.7. The second-order valence-electron chi connectivity index (χ2n) is 19.6. The SMILES string of the molecule is CC1OC2OC3C(CO)OC(OC4C(CO)OC(OC5C(CO)OC(OC6C(CO)OC(OC7C(CO)OC(OC8C(CO)OC(OC1C(O)C2O)C(O)C8O)C(O)C7O)C(O)C6O)C(O)C5O)C(O)C4O)C(O)C3O. The van der Waals surface area contributed by atoms with E-state index in [1.165, 1.54) is 6.92 Å². The minimum atomic E-state index is -2.20. The molecule has 14 bridgehead atoms. The Hall–Kier alpha value is -1.36. The number of rotatable bonds is 6. The lowest BCUT2D eigenvalue weighted by Crippen LogP contribution is -2.68. The molecule has 21 heterocycles. The van der Waals surface area contributed by atoms with Crippen LogP contribution in [0.15, 0.2) is 0 Å². The Balaban J connectivity index is 1.07. The molecule has 21 aliphatic heterocycles. The third-order valence-electron chi connectivity index (χ3n) is 14.7. The Morgan fingerprint density at radius 1 is 0.197 bits per heavy atom. The molecule has 21 saturated heterocycles. The molecular weight excluding hydrogens is 1050 g/mol. The van der Waals surface area contributed by atoms with Crippen LogP contribution >= 0.6 is 0 Å². The van der Waals surface area contributed by atoms with Crippen LogP contribution in [0.5, 0.6) is 0 Å². The lowest BCUT2D eigenvalue weighted by molar-refractivity contribution is -0.396. The predicted octanol–water partition coefficient (Wildman–Crippen LogP) is -14.2. The molecule has 21 rings (SSSR count). The highest BCUT2D eigenvalue weighted by Gasteiger charge is 2.59. The van der Waals surface area contributed by atoms with Gasteiger partial charge in [-0.1, -0.05) is 0 Å². The summed E-state index contributed by atoms with van der Waals surface area (Å²) in [6.07, 6.45) is -68.2. The third kappa shape index (κ3) is 11.7. The van der Waals surface area contributed by atoms with E-state index in [2.05, 4.69) is 0 Å². The van der Waals surface area contributed by atoms with Gasteiger partial charge in [-0.2, -0.15) is 0 Å². The monoisotopic (exact) mass is 1120 g/mol. The first-order chi connectivity index (χ1) is 36.1. The molecule has 35 unspecified atom stereocenters. The molecule has 76 heavy (non-hydrogen) atoms. The van der Waals surface area contributed by atoms with Gasteiger partial charge < -0.3 is 168 Å². The zero-order valence-electron chi connectivity index (χ0n) is 40.1. The predicted molar refractivity (Wildman–Crippen MR) is 227 cm³/mol. The summed E-state index contributed by atoms with van der Waals surface area (Å²) < 4.78 is 79.8. The Morgan fingerprint density at radius 2 is 0.342 bits per heavy atom. The van der Waals surface area contributed by atoms with Crippen molar-refractivity contribution in [1.82, 2.24) is 0 Å². The Labute approximate surface area is 429 Å². The second-order valence-corrected chi connectivity index (χ2v) is 19.6. The Bertz CT molecular complexity index is 1800. The van der Waals surface area contributed by atoms with Crippen molar-refractivity contribution in [2.45, 2.75) is 222 Å². The van der Waals surface area contributed by atoms with Gasteiger partial charge >= 0.3 is 0 Å². The summed E-state index contributed by atoms with van der Waals surface area (Å²) in [5.74, 6) is 0. The molecular formula is C42H70O34. The fourth-order valence-electron chi connectivity index (χ4n) is 10.4. The highest BCUT2D eigenvalue weighted by molar-refractivity contribution is 5.01. The molecule has 0 spiro atoms. The standard InChI is InChI=1S/C42H70O34/c1-8-29-15(49)22(56)36(63-8)71-30-9(2-43)65-38(24(58)17(30)51)73-32-11(4-45)67-40(26(60)19(32)53)75-34-13(6-47)69-42(28(62)21(34)55)76-35-14(7-48)68-41(27(61)20(35)54)74-33-12(5-46)66-39(25(59)18(33)52)72-31-10(3-44)64-37(70-29)23(57)16(31)50/h8-62H,2-7H2,1H3. The molecule has 34 nitrogen and oxygen atoms in total. The number of hydrogen-bond acceptors (Lipinski definition) is 34. The average molecular weight is 1120 g/mol. The lowest BCUT2D eigenvalue weighted by Gasteiger charge is -2.50. The van der Waals surface area contributed by atoms with E-state index in [0.717, 1.165) is 0 Å². The number of hydrogen-bond donors (Lipinski definition) is 20.